The number of fused-ring (bicyclic) bond motifs is 5. The highest BCUT2D eigenvalue weighted by Gasteiger charge is 2.62. The van der Waals surface area contributed by atoms with Gasteiger partial charge in [-0.15, -0.1) is 0 Å². The van der Waals surface area contributed by atoms with Gasteiger partial charge < -0.3 is 5.11 Å². The molecule has 130 valence electrons. The lowest BCUT2D eigenvalue weighted by Crippen LogP contribution is -2.57. The Balaban J connectivity index is 1.70. The van der Waals surface area contributed by atoms with E-state index in [-0.39, 0.29) is 29.5 Å². The predicted molar refractivity (Wildman–Crippen MR) is 87.6 cm³/mol. The number of alkyl halides is 1. The van der Waals surface area contributed by atoms with Crippen LogP contribution >= 0.6 is 0 Å². The third-order valence-electron chi connectivity index (χ3n) is 8.81. The molecule has 4 rings (SSSR count). The van der Waals surface area contributed by atoms with Crippen molar-refractivity contribution in [1.29, 1.82) is 0 Å². The average molecular weight is 322 g/mol. The van der Waals surface area contributed by atoms with Crippen molar-refractivity contribution in [2.45, 2.75) is 71.3 Å². The highest BCUT2D eigenvalue weighted by atomic mass is 19.1. The van der Waals surface area contributed by atoms with Crippen LogP contribution in [0, 0.1) is 40.4 Å². The summed E-state index contributed by atoms with van der Waals surface area (Å²) in [4.78, 5) is 12.0. The van der Waals surface area contributed by atoms with E-state index in [0.29, 0.717) is 35.9 Å². The summed E-state index contributed by atoms with van der Waals surface area (Å²) >= 11 is 0. The Morgan fingerprint density at radius 3 is 2.61 bits per heavy atom. The van der Waals surface area contributed by atoms with Gasteiger partial charge in [0.05, 0.1) is 12.8 Å². The Kier molecular flexibility index (Phi) is 3.68. The molecule has 4 aliphatic rings. The van der Waals surface area contributed by atoms with Crippen molar-refractivity contribution in [3.8, 4) is 0 Å². The van der Waals surface area contributed by atoms with Crippen LogP contribution in [-0.4, -0.2) is 23.7 Å². The Hall–Kier alpha value is -0.440. The quantitative estimate of drug-likeness (QED) is 0.787. The molecule has 2 nitrogen and oxygen atoms in total. The summed E-state index contributed by atoms with van der Waals surface area (Å²) in [7, 11) is 0. The van der Waals surface area contributed by atoms with E-state index in [1.54, 1.807) is 0 Å². The van der Waals surface area contributed by atoms with E-state index >= 15 is 0 Å². The first-order valence-electron chi connectivity index (χ1n) is 9.66. The number of Topliss-reactive ketones (excluding diaryl/α,β-unsaturated/α-hetero) is 1. The summed E-state index contributed by atoms with van der Waals surface area (Å²) in [6, 6.07) is 0. The number of aliphatic hydroxyl groups is 1. The van der Waals surface area contributed by atoms with Crippen molar-refractivity contribution in [3.63, 3.8) is 0 Å². The number of ketones is 1. The summed E-state index contributed by atoms with van der Waals surface area (Å²) in [6.07, 6.45) is 7.25. The molecule has 4 fully saturated rings. The number of hydrogen-bond acceptors (Lipinski definition) is 2. The molecule has 0 aliphatic heterocycles. The van der Waals surface area contributed by atoms with Crippen LogP contribution in [0.3, 0.4) is 0 Å². The zero-order valence-electron chi connectivity index (χ0n) is 14.6. The maximum Gasteiger partial charge on any atom is 0.133 e. The number of rotatable bonds is 1. The average Bonchev–Trinajstić information content (AvgIpc) is 2.83. The molecule has 0 saturated heterocycles. The fourth-order valence-electron chi connectivity index (χ4n) is 7.35. The van der Waals surface area contributed by atoms with Crippen molar-refractivity contribution < 1.29 is 14.3 Å². The summed E-state index contributed by atoms with van der Waals surface area (Å²) in [5.41, 5.74) is 0.224. The lowest BCUT2D eigenvalue weighted by Gasteiger charge is -2.62. The Labute approximate surface area is 139 Å². The molecule has 0 bridgehead atoms. The van der Waals surface area contributed by atoms with Gasteiger partial charge in [0.2, 0.25) is 0 Å². The highest BCUT2D eigenvalue weighted by Crippen LogP contribution is 2.67. The SMILES string of the molecule is C[C@]12CCC3C(C1CC[C@@H]2O)[C@H](CF)C[C@H]1CC(=O)CC[C@]31C. The second-order valence-electron chi connectivity index (χ2n) is 9.52. The van der Waals surface area contributed by atoms with Gasteiger partial charge in [-0.05, 0) is 78.9 Å². The maximum atomic E-state index is 14.0. The van der Waals surface area contributed by atoms with Gasteiger partial charge in [-0.2, -0.15) is 0 Å². The number of aliphatic hydroxyl groups excluding tert-OH is 1. The summed E-state index contributed by atoms with van der Waals surface area (Å²) in [5.74, 6) is 2.34. The molecule has 0 radical (unpaired) electrons. The summed E-state index contributed by atoms with van der Waals surface area (Å²) in [6.45, 7) is 4.40. The van der Waals surface area contributed by atoms with E-state index in [1.807, 2.05) is 0 Å². The first-order valence-corrected chi connectivity index (χ1v) is 9.66. The van der Waals surface area contributed by atoms with Crippen LogP contribution in [-0.2, 0) is 4.79 Å². The van der Waals surface area contributed by atoms with Crippen LogP contribution < -0.4 is 0 Å². The number of hydrogen-bond donors (Lipinski definition) is 1. The molecule has 3 heteroatoms. The van der Waals surface area contributed by atoms with Gasteiger partial charge >= 0.3 is 0 Å². The standard InChI is InChI=1S/C20H31FO2/c1-19-7-5-14(22)10-13(19)9-12(11-21)18-15-3-4-17(23)20(15,2)8-6-16(18)19/h12-13,15-18,23H,3-11H2,1-2H3/t12-,13-,15?,16?,17-,18?,19-,20-/m0/s1. The molecule has 0 aromatic carbocycles. The van der Waals surface area contributed by atoms with E-state index in [0.717, 1.165) is 44.9 Å². The van der Waals surface area contributed by atoms with Crippen molar-refractivity contribution in [2.24, 2.45) is 40.4 Å². The van der Waals surface area contributed by atoms with Crippen LogP contribution in [0.5, 0.6) is 0 Å². The van der Waals surface area contributed by atoms with E-state index in [1.165, 1.54) is 0 Å². The molecule has 0 spiro atoms. The van der Waals surface area contributed by atoms with Gasteiger partial charge in [0.1, 0.15) is 5.78 Å². The maximum absolute atomic E-state index is 14.0. The molecule has 0 aromatic rings. The number of carbonyl (C=O) groups is 1. The topological polar surface area (TPSA) is 37.3 Å². The van der Waals surface area contributed by atoms with Crippen molar-refractivity contribution in [3.05, 3.63) is 0 Å². The zero-order valence-corrected chi connectivity index (χ0v) is 14.6. The Bertz CT molecular complexity index is 506. The minimum absolute atomic E-state index is 0.00225. The largest absolute Gasteiger partial charge is 0.393 e. The molecular formula is C20H31FO2. The van der Waals surface area contributed by atoms with Gasteiger partial charge in [0, 0.05) is 12.8 Å². The zero-order chi connectivity index (χ0) is 16.4. The molecule has 3 unspecified atom stereocenters. The van der Waals surface area contributed by atoms with Crippen molar-refractivity contribution in [1.82, 2.24) is 0 Å². The first kappa shape index (κ1) is 16.1. The lowest BCUT2D eigenvalue weighted by molar-refractivity contribution is -0.157. The fourth-order valence-corrected chi connectivity index (χ4v) is 7.35. The molecule has 1 N–H and O–H groups in total. The van der Waals surface area contributed by atoms with Crippen molar-refractivity contribution in [2.75, 3.05) is 6.67 Å². The molecule has 0 aromatic heterocycles. The van der Waals surface area contributed by atoms with Crippen LogP contribution in [0.15, 0.2) is 0 Å². The summed E-state index contributed by atoms with van der Waals surface area (Å²) < 4.78 is 14.0. The molecule has 4 saturated carbocycles. The Morgan fingerprint density at radius 1 is 1.13 bits per heavy atom. The molecule has 8 atom stereocenters. The summed E-state index contributed by atoms with van der Waals surface area (Å²) in [5, 5.41) is 10.5. The third-order valence-corrected chi connectivity index (χ3v) is 8.81. The van der Waals surface area contributed by atoms with E-state index in [9.17, 15) is 14.3 Å². The van der Waals surface area contributed by atoms with Crippen LogP contribution in [0.25, 0.3) is 0 Å². The van der Waals surface area contributed by atoms with Gasteiger partial charge in [0.15, 0.2) is 0 Å². The molecule has 23 heavy (non-hydrogen) atoms. The van der Waals surface area contributed by atoms with Gasteiger partial charge in [0.25, 0.3) is 0 Å². The first-order chi connectivity index (χ1) is 10.9. The number of halogens is 1. The van der Waals surface area contributed by atoms with Crippen LogP contribution in [0.1, 0.15) is 65.2 Å². The van der Waals surface area contributed by atoms with Gasteiger partial charge in [-0.3, -0.25) is 9.18 Å². The second-order valence-corrected chi connectivity index (χ2v) is 9.52. The van der Waals surface area contributed by atoms with E-state index in [2.05, 4.69) is 13.8 Å². The van der Waals surface area contributed by atoms with E-state index < -0.39 is 0 Å². The predicted octanol–water partition coefficient (Wildman–Crippen LogP) is 4.15. The van der Waals surface area contributed by atoms with Gasteiger partial charge in [-0.25, -0.2) is 0 Å². The second kappa shape index (κ2) is 5.28. The van der Waals surface area contributed by atoms with Crippen LogP contribution in [0.2, 0.25) is 0 Å². The fraction of sp³-hybridized carbons (Fsp3) is 0.950. The molecule has 4 aliphatic carbocycles. The molecule has 0 amide bonds. The normalized spacial score (nSPS) is 55.9. The Morgan fingerprint density at radius 2 is 1.87 bits per heavy atom. The number of carbonyl (C=O) groups excluding carboxylic acids is 1. The monoisotopic (exact) mass is 322 g/mol. The smallest absolute Gasteiger partial charge is 0.133 e. The minimum Gasteiger partial charge on any atom is -0.393 e. The van der Waals surface area contributed by atoms with Crippen LogP contribution in [0.4, 0.5) is 4.39 Å². The minimum atomic E-state index is -0.245. The lowest BCUT2D eigenvalue weighted by atomic mass is 9.43. The molecule has 0 heterocycles. The highest BCUT2D eigenvalue weighted by molar-refractivity contribution is 5.79. The van der Waals surface area contributed by atoms with Gasteiger partial charge in [-0.1, -0.05) is 13.8 Å². The van der Waals surface area contributed by atoms with E-state index in [4.69, 9.17) is 0 Å². The van der Waals surface area contributed by atoms with Crippen molar-refractivity contribution >= 4 is 5.78 Å². The third kappa shape index (κ3) is 2.11. The molecular weight excluding hydrogens is 291 g/mol.